The molecule has 1 aliphatic heterocycles. The Morgan fingerprint density at radius 2 is 1.81 bits per heavy atom. The van der Waals surface area contributed by atoms with Crippen molar-refractivity contribution in [3.63, 3.8) is 0 Å². The molecule has 1 atom stereocenters. The Morgan fingerprint density at radius 1 is 1.14 bits per heavy atom. The summed E-state index contributed by atoms with van der Waals surface area (Å²) in [4.78, 5) is 5.75. The number of likely N-dealkylation sites (N-methyl/N-ethyl adjacent to an activating group) is 1. The van der Waals surface area contributed by atoms with Gasteiger partial charge in [0.25, 0.3) is 0 Å². The highest BCUT2D eigenvalue weighted by Gasteiger charge is 2.35. The van der Waals surface area contributed by atoms with Crippen LogP contribution in [-0.2, 0) is 12.8 Å². The van der Waals surface area contributed by atoms with Crippen LogP contribution >= 0.6 is 11.3 Å². The van der Waals surface area contributed by atoms with E-state index in [1.165, 1.54) is 42.1 Å². The summed E-state index contributed by atoms with van der Waals surface area (Å²) in [6.07, 6.45) is 6.44. The zero-order chi connectivity index (χ0) is 15.3. The molecular weight excluding hydrogens is 276 g/mol. The molecule has 1 unspecified atom stereocenters. The van der Waals surface area contributed by atoms with Crippen LogP contribution in [0.15, 0.2) is 12.1 Å². The fraction of sp³-hybridized carbons (Fsp3) is 0.778. The highest BCUT2D eigenvalue weighted by atomic mass is 32.1. The molecule has 120 valence electrons. The van der Waals surface area contributed by atoms with Gasteiger partial charge in [0, 0.05) is 21.3 Å². The van der Waals surface area contributed by atoms with Crippen LogP contribution < -0.4 is 5.32 Å². The summed E-state index contributed by atoms with van der Waals surface area (Å²) in [5.41, 5.74) is 0.229. The van der Waals surface area contributed by atoms with E-state index >= 15 is 0 Å². The molecular formula is C18H32N2S. The zero-order valence-electron chi connectivity index (χ0n) is 14.2. The van der Waals surface area contributed by atoms with E-state index in [0.717, 1.165) is 19.4 Å². The number of nitrogens with one attached hydrogen (secondary N) is 1. The van der Waals surface area contributed by atoms with Gasteiger partial charge < -0.3 is 5.32 Å². The van der Waals surface area contributed by atoms with Gasteiger partial charge in [-0.15, -0.1) is 11.3 Å². The lowest BCUT2D eigenvalue weighted by Gasteiger charge is -2.46. The van der Waals surface area contributed by atoms with E-state index in [1.807, 2.05) is 11.3 Å². The Balaban J connectivity index is 2.08. The Kier molecular flexibility index (Phi) is 6.27. The van der Waals surface area contributed by atoms with E-state index in [-0.39, 0.29) is 5.54 Å². The van der Waals surface area contributed by atoms with E-state index in [9.17, 15) is 0 Å². The first-order valence-corrected chi connectivity index (χ1v) is 9.45. The Labute approximate surface area is 134 Å². The molecule has 0 aliphatic carbocycles. The number of hydrogen-bond acceptors (Lipinski definition) is 3. The van der Waals surface area contributed by atoms with Crippen molar-refractivity contribution in [1.29, 1.82) is 0 Å². The lowest BCUT2D eigenvalue weighted by Crippen LogP contribution is -2.59. The summed E-state index contributed by atoms with van der Waals surface area (Å²) in [6.45, 7) is 12.9. The lowest BCUT2D eigenvalue weighted by atomic mass is 9.87. The van der Waals surface area contributed by atoms with Gasteiger partial charge in [0.1, 0.15) is 0 Å². The maximum absolute atomic E-state index is 3.76. The van der Waals surface area contributed by atoms with Crippen molar-refractivity contribution in [3.05, 3.63) is 21.9 Å². The molecule has 0 saturated carbocycles. The lowest BCUT2D eigenvalue weighted by molar-refractivity contribution is 0.0618. The van der Waals surface area contributed by atoms with E-state index in [0.29, 0.717) is 6.04 Å². The second-order valence-electron chi connectivity index (χ2n) is 6.74. The number of piperidine rings is 1. The second-order valence-corrected chi connectivity index (χ2v) is 7.99. The molecule has 1 N–H and O–H groups in total. The van der Waals surface area contributed by atoms with Gasteiger partial charge in [-0.25, -0.2) is 0 Å². The van der Waals surface area contributed by atoms with Gasteiger partial charge in [0.2, 0.25) is 0 Å². The second kappa shape index (κ2) is 7.75. The minimum Gasteiger partial charge on any atom is -0.312 e. The number of aryl methyl sites for hydroxylation is 1. The summed E-state index contributed by atoms with van der Waals surface area (Å²) in [7, 11) is 0. The maximum Gasteiger partial charge on any atom is 0.0309 e. The topological polar surface area (TPSA) is 15.3 Å². The van der Waals surface area contributed by atoms with Crippen LogP contribution in [0.25, 0.3) is 0 Å². The summed E-state index contributed by atoms with van der Waals surface area (Å²) >= 11 is 1.99. The third kappa shape index (κ3) is 4.30. The highest BCUT2D eigenvalue weighted by Crippen LogP contribution is 2.28. The van der Waals surface area contributed by atoms with Gasteiger partial charge in [0.15, 0.2) is 0 Å². The predicted octanol–water partition coefficient (Wildman–Crippen LogP) is 4.10. The third-order valence-electron chi connectivity index (χ3n) is 4.95. The first-order valence-electron chi connectivity index (χ1n) is 8.64. The van der Waals surface area contributed by atoms with Crippen molar-refractivity contribution in [2.45, 2.75) is 71.4 Å². The Bertz CT molecular complexity index is 419. The first kappa shape index (κ1) is 17.0. The molecule has 1 aromatic rings. The summed E-state index contributed by atoms with van der Waals surface area (Å²) in [5.74, 6) is 0. The molecule has 0 spiro atoms. The van der Waals surface area contributed by atoms with Crippen LogP contribution in [0, 0.1) is 0 Å². The molecule has 0 radical (unpaired) electrons. The van der Waals surface area contributed by atoms with E-state index in [4.69, 9.17) is 0 Å². The van der Waals surface area contributed by atoms with Gasteiger partial charge >= 0.3 is 0 Å². The summed E-state index contributed by atoms with van der Waals surface area (Å²) in [6, 6.07) is 5.17. The van der Waals surface area contributed by atoms with Gasteiger partial charge in [-0.05, 0) is 71.3 Å². The van der Waals surface area contributed by atoms with Crippen LogP contribution in [0.1, 0.15) is 56.7 Å². The number of hydrogen-bond donors (Lipinski definition) is 1. The SMILES string of the molecule is CCNC(Cc1ccc(CC)s1)C(C)(C)N1CCCCC1. The summed E-state index contributed by atoms with van der Waals surface area (Å²) in [5, 5.41) is 3.76. The van der Waals surface area contributed by atoms with Gasteiger partial charge in [-0.1, -0.05) is 20.3 Å². The number of nitrogens with zero attached hydrogens (tertiary/aromatic N) is 1. The largest absolute Gasteiger partial charge is 0.312 e. The molecule has 2 nitrogen and oxygen atoms in total. The molecule has 2 heterocycles. The average Bonchev–Trinajstić information content (AvgIpc) is 2.95. The summed E-state index contributed by atoms with van der Waals surface area (Å²) < 4.78 is 0. The number of rotatable bonds is 7. The fourth-order valence-electron chi connectivity index (χ4n) is 3.43. The van der Waals surface area contributed by atoms with Crippen molar-refractivity contribution >= 4 is 11.3 Å². The molecule has 0 aromatic carbocycles. The van der Waals surface area contributed by atoms with E-state index < -0.39 is 0 Å². The van der Waals surface area contributed by atoms with Crippen LogP contribution in [0.4, 0.5) is 0 Å². The van der Waals surface area contributed by atoms with Crippen molar-refractivity contribution < 1.29 is 0 Å². The Hall–Kier alpha value is -0.380. The molecule has 0 bridgehead atoms. The highest BCUT2D eigenvalue weighted by molar-refractivity contribution is 7.11. The van der Waals surface area contributed by atoms with Crippen molar-refractivity contribution in [2.24, 2.45) is 0 Å². The van der Waals surface area contributed by atoms with Gasteiger partial charge in [-0.2, -0.15) is 0 Å². The van der Waals surface area contributed by atoms with Crippen LogP contribution in [-0.4, -0.2) is 36.1 Å². The maximum atomic E-state index is 3.76. The normalized spacial score (nSPS) is 18.9. The van der Waals surface area contributed by atoms with Crippen molar-refractivity contribution in [2.75, 3.05) is 19.6 Å². The number of thiophene rings is 1. The molecule has 21 heavy (non-hydrogen) atoms. The average molecular weight is 309 g/mol. The monoisotopic (exact) mass is 308 g/mol. The molecule has 0 amide bonds. The zero-order valence-corrected chi connectivity index (χ0v) is 15.1. The standard InChI is InChI=1S/C18H32N2S/c1-5-15-10-11-16(21-15)14-17(19-6-2)18(3,4)20-12-8-7-9-13-20/h10-11,17,19H,5-9,12-14H2,1-4H3. The van der Waals surface area contributed by atoms with Crippen LogP contribution in [0.3, 0.4) is 0 Å². The fourth-order valence-corrected chi connectivity index (χ4v) is 4.44. The molecule has 1 saturated heterocycles. The molecule has 1 aromatic heterocycles. The third-order valence-corrected chi connectivity index (χ3v) is 6.20. The van der Waals surface area contributed by atoms with E-state index in [1.54, 1.807) is 0 Å². The minimum atomic E-state index is 0.229. The van der Waals surface area contributed by atoms with Crippen LogP contribution in [0.5, 0.6) is 0 Å². The van der Waals surface area contributed by atoms with Crippen molar-refractivity contribution in [1.82, 2.24) is 10.2 Å². The predicted molar refractivity (Wildman–Crippen MR) is 94.4 cm³/mol. The van der Waals surface area contributed by atoms with Crippen molar-refractivity contribution in [3.8, 4) is 0 Å². The number of likely N-dealkylation sites (tertiary alicyclic amines) is 1. The minimum absolute atomic E-state index is 0.229. The molecule has 1 aliphatic rings. The van der Waals surface area contributed by atoms with Gasteiger partial charge in [0.05, 0.1) is 0 Å². The Morgan fingerprint density at radius 3 is 2.38 bits per heavy atom. The van der Waals surface area contributed by atoms with E-state index in [2.05, 4.69) is 50.0 Å². The molecule has 1 fully saturated rings. The first-order chi connectivity index (χ1) is 10.1. The van der Waals surface area contributed by atoms with Crippen LogP contribution in [0.2, 0.25) is 0 Å². The molecule has 2 rings (SSSR count). The molecule has 3 heteroatoms. The smallest absolute Gasteiger partial charge is 0.0309 e. The quantitative estimate of drug-likeness (QED) is 0.816. The van der Waals surface area contributed by atoms with Gasteiger partial charge in [-0.3, -0.25) is 4.90 Å².